The molecule has 0 saturated carbocycles. The van der Waals surface area contributed by atoms with Gasteiger partial charge in [0.15, 0.2) is 0 Å². The summed E-state index contributed by atoms with van der Waals surface area (Å²) < 4.78 is 6.61. The van der Waals surface area contributed by atoms with Crippen LogP contribution in [0.1, 0.15) is 5.89 Å². The zero-order valence-corrected chi connectivity index (χ0v) is 12.0. The van der Waals surface area contributed by atoms with Gasteiger partial charge in [-0.15, -0.1) is 10.2 Å². The second kappa shape index (κ2) is 5.67. The Morgan fingerprint density at radius 3 is 2.67 bits per heavy atom. The molecule has 21 heavy (non-hydrogen) atoms. The second-order valence-corrected chi connectivity index (χ2v) is 4.92. The molecule has 2 heterocycles. The van der Waals surface area contributed by atoms with Gasteiger partial charge in [-0.3, -0.25) is 4.79 Å². The maximum Gasteiger partial charge on any atom is 0.287 e. The van der Waals surface area contributed by atoms with Crippen LogP contribution in [0.5, 0.6) is 0 Å². The molecule has 2 aromatic heterocycles. The van der Waals surface area contributed by atoms with Crippen LogP contribution in [-0.4, -0.2) is 20.0 Å². The lowest BCUT2D eigenvalue weighted by Gasteiger charge is -2.01. The summed E-state index contributed by atoms with van der Waals surface area (Å²) in [6.07, 6.45) is 1.29. The van der Waals surface area contributed by atoms with Gasteiger partial charge in [-0.2, -0.15) is 5.10 Å². The molecule has 0 fully saturated rings. The lowest BCUT2D eigenvalue weighted by molar-refractivity contribution is 0.465. The van der Waals surface area contributed by atoms with E-state index in [2.05, 4.69) is 15.3 Å². The number of rotatable bonds is 3. The van der Waals surface area contributed by atoms with Crippen molar-refractivity contribution in [2.24, 2.45) is 0 Å². The van der Waals surface area contributed by atoms with Crippen LogP contribution < -0.4 is 5.56 Å². The van der Waals surface area contributed by atoms with E-state index in [0.29, 0.717) is 5.89 Å². The van der Waals surface area contributed by atoms with E-state index in [4.69, 9.17) is 27.6 Å². The summed E-state index contributed by atoms with van der Waals surface area (Å²) in [5, 5.41) is 11.7. The number of hydrogen-bond donors (Lipinski definition) is 0. The molecular weight excluding hydrogens is 315 g/mol. The van der Waals surface area contributed by atoms with E-state index in [9.17, 15) is 4.79 Å². The van der Waals surface area contributed by atoms with Gasteiger partial charge in [0.1, 0.15) is 11.6 Å². The van der Waals surface area contributed by atoms with Crippen LogP contribution in [0.15, 0.2) is 45.7 Å². The van der Waals surface area contributed by atoms with Crippen molar-refractivity contribution in [1.29, 1.82) is 0 Å². The third-order valence-electron chi connectivity index (χ3n) is 2.71. The Morgan fingerprint density at radius 2 is 1.90 bits per heavy atom. The van der Waals surface area contributed by atoms with Crippen molar-refractivity contribution in [2.75, 3.05) is 0 Å². The first-order chi connectivity index (χ1) is 10.1. The fourth-order valence-electron chi connectivity index (χ4n) is 1.70. The minimum atomic E-state index is -0.511. The van der Waals surface area contributed by atoms with Gasteiger partial charge in [0.05, 0.1) is 11.2 Å². The Morgan fingerprint density at radius 1 is 1.14 bits per heavy atom. The molecule has 0 spiro atoms. The number of aromatic nitrogens is 4. The fraction of sp³-hybridized carbons (Fsp3) is 0.0769. The van der Waals surface area contributed by atoms with Gasteiger partial charge in [-0.25, -0.2) is 4.68 Å². The summed E-state index contributed by atoms with van der Waals surface area (Å²) >= 11 is 11.5. The Labute approximate surface area is 128 Å². The molecule has 0 amide bonds. The van der Waals surface area contributed by atoms with Crippen LogP contribution in [-0.2, 0) is 6.54 Å². The maximum atomic E-state index is 11.9. The van der Waals surface area contributed by atoms with Gasteiger partial charge >= 0.3 is 0 Å². The van der Waals surface area contributed by atoms with Crippen molar-refractivity contribution >= 4 is 23.2 Å². The third-order valence-corrected chi connectivity index (χ3v) is 3.46. The molecule has 6 nitrogen and oxygen atoms in total. The van der Waals surface area contributed by atoms with Gasteiger partial charge in [-0.05, 0) is 12.1 Å². The second-order valence-electron chi connectivity index (χ2n) is 4.14. The molecule has 0 aliphatic heterocycles. The van der Waals surface area contributed by atoms with E-state index in [0.717, 1.165) is 10.2 Å². The van der Waals surface area contributed by atoms with Crippen LogP contribution in [0, 0.1) is 0 Å². The van der Waals surface area contributed by atoms with E-state index in [1.807, 2.05) is 30.3 Å². The summed E-state index contributed by atoms with van der Waals surface area (Å²) in [6, 6.07) is 9.32. The van der Waals surface area contributed by atoms with Crippen molar-refractivity contribution in [3.63, 3.8) is 0 Å². The SMILES string of the molecule is O=c1c(Cl)c(Cl)cnn1Cc1nnc(-c2ccccc2)o1. The smallest absolute Gasteiger partial charge is 0.287 e. The topological polar surface area (TPSA) is 73.8 Å². The molecule has 0 aliphatic rings. The van der Waals surface area contributed by atoms with Crippen molar-refractivity contribution in [2.45, 2.75) is 6.54 Å². The zero-order chi connectivity index (χ0) is 14.8. The number of benzene rings is 1. The molecule has 0 atom stereocenters. The third kappa shape index (κ3) is 2.81. The average Bonchev–Trinajstić information content (AvgIpc) is 2.97. The van der Waals surface area contributed by atoms with E-state index >= 15 is 0 Å². The summed E-state index contributed by atoms with van der Waals surface area (Å²) in [7, 11) is 0. The van der Waals surface area contributed by atoms with Gasteiger partial charge in [-0.1, -0.05) is 41.4 Å². The molecule has 0 aliphatic carbocycles. The van der Waals surface area contributed by atoms with Crippen LogP contribution in [0.2, 0.25) is 10.0 Å². The van der Waals surface area contributed by atoms with E-state index in [1.165, 1.54) is 6.20 Å². The standard InChI is InChI=1S/C13H8Cl2N4O2/c14-9-6-16-19(13(20)11(9)15)7-10-17-18-12(21-10)8-4-2-1-3-5-8/h1-6H,7H2. The monoisotopic (exact) mass is 322 g/mol. The number of hydrogen-bond acceptors (Lipinski definition) is 5. The van der Waals surface area contributed by atoms with Gasteiger partial charge in [0.2, 0.25) is 11.8 Å². The average molecular weight is 323 g/mol. The van der Waals surface area contributed by atoms with Crippen molar-refractivity contribution in [3.8, 4) is 11.5 Å². The lowest BCUT2D eigenvalue weighted by atomic mass is 10.2. The largest absolute Gasteiger partial charge is 0.419 e. The van der Waals surface area contributed by atoms with Crippen LogP contribution in [0.25, 0.3) is 11.5 Å². The molecule has 3 aromatic rings. The molecule has 1 aromatic carbocycles. The highest BCUT2D eigenvalue weighted by molar-refractivity contribution is 6.41. The molecular formula is C13H8Cl2N4O2. The van der Waals surface area contributed by atoms with E-state index in [-0.39, 0.29) is 22.5 Å². The first kappa shape index (κ1) is 13.8. The van der Waals surface area contributed by atoms with Gasteiger partial charge in [0, 0.05) is 5.56 Å². The minimum Gasteiger partial charge on any atom is -0.419 e. The number of nitrogens with zero attached hydrogens (tertiary/aromatic N) is 4. The van der Waals surface area contributed by atoms with Gasteiger partial charge < -0.3 is 4.42 Å². The highest BCUT2D eigenvalue weighted by atomic mass is 35.5. The molecule has 106 valence electrons. The van der Waals surface area contributed by atoms with Crippen molar-refractivity contribution in [3.05, 3.63) is 62.8 Å². The summed E-state index contributed by atoms with van der Waals surface area (Å²) in [5.41, 5.74) is 0.286. The minimum absolute atomic E-state index is 0.0234. The molecule has 0 unspecified atom stereocenters. The van der Waals surface area contributed by atoms with Crippen molar-refractivity contribution in [1.82, 2.24) is 20.0 Å². The summed E-state index contributed by atoms with van der Waals surface area (Å²) in [5.74, 6) is 0.626. The number of halogens is 2. The Bertz CT molecular complexity index is 830. The predicted octanol–water partition coefficient (Wildman–Crippen LogP) is 2.65. The fourth-order valence-corrected chi connectivity index (χ4v) is 1.97. The van der Waals surface area contributed by atoms with E-state index in [1.54, 1.807) is 0 Å². The summed E-state index contributed by atoms with van der Waals surface area (Å²) in [4.78, 5) is 11.9. The lowest BCUT2D eigenvalue weighted by Crippen LogP contribution is -2.23. The van der Waals surface area contributed by atoms with Crippen LogP contribution >= 0.6 is 23.2 Å². The molecule has 8 heteroatoms. The highest BCUT2D eigenvalue weighted by Gasteiger charge is 2.12. The van der Waals surface area contributed by atoms with Gasteiger partial charge in [0.25, 0.3) is 5.56 Å². The predicted molar refractivity (Wildman–Crippen MR) is 77.4 cm³/mol. The quantitative estimate of drug-likeness (QED) is 0.741. The van der Waals surface area contributed by atoms with E-state index < -0.39 is 5.56 Å². The Kier molecular flexibility index (Phi) is 3.72. The Balaban J connectivity index is 1.89. The van der Waals surface area contributed by atoms with Crippen LogP contribution in [0.4, 0.5) is 0 Å². The molecule has 0 N–H and O–H groups in total. The first-order valence-corrected chi connectivity index (χ1v) is 6.69. The normalized spacial score (nSPS) is 10.8. The van der Waals surface area contributed by atoms with Crippen molar-refractivity contribution < 1.29 is 4.42 Å². The molecule has 0 bridgehead atoms. The Hall–Kier alpha value is -2.18. The molecule has 3 rings (SSSR count). The van der Waals surface area contributed by atoms with Crippen LogP contribution in [0.3, 0.4) is 0 Å². The summed E-state index contributed by atoms with van der Waals surface area (Å²) in [6.45, 7) is 0.0234. The molecule has 0 saturated heterocycles. The first-order valence-electron chi connectivity index (χ1n) is 5.94. The highest BCUT2D eigenvalue weighted by Crippen LogP contribution is 2.18. The zero-order valence-electron chi connectivity index (χ0n) is 10.5. The molecule has 0 radical (unpaired) electrons. The maximum absolute atomic E-state index is 11.9.